The second-order valence-corrected chi connectivity index (χ2v) is 8.03. The van der Waals surface area contributed by atoms with Gasteiger partial charge in [-0.3, -0.25) is 9.59 Å². The Hall–Kier alpha value is -3.53. The van der Waals surface area contributed by atoms with Gasteiger partial charge in [-0.05, 0) is 37.0 Å². The first-order valence-corrected chi connectivity index (χ1v) is 11.4. The van der Waals surface area contributed by atoms with Crippen LogP contribution in [0.5, 0.6) is 11.5 Å². The van der Waals surface area contributed by atoms with Crippen LogP contribution >= 0.6 is 0 Å². The van der Waals surface area contributed by atoms with Gasteiger partial charge in [0.25, 0.3) is 0 Å². The molecule has 1 saturated heterocycles. The van der Waals surface area contributed by atoms with Gasteiger partial charge in [0, 0.05) is 45.1 Å². The van der Waals surface area contributed by atoms with Gasteiger partial charge < -0.3 is 19.3 Å². The molecule has 1 heterocycles. The third-order valence-corrected chi connectivity index (χ3v) is 5.77. The van der Waals surface area contributed by atoms with Crippen LogP contribution in [0.1, 0.15) is 36.8 Å². The second-order valence-electron chi connectivity index (χ2n) is 8.03. The van der Waals surface area contributed by atoms with Gasteiger partial charge in [-0.2, -0.15) is 5.26 Å². The SMILES string of the molecule is COc1cc(C#N)ccc1OCCCC(=O)N1CCN(C(=O)CCCc2ccccc2)CC1. The second kappa shape index (κ2) is 12.5. The average molecular weight is 450 g/mol. The quantitative estimate of drug-likeness (QED) is 0.519. The third kappa shape index (κ3) is 7.25. The maximum atomic E-state index is 12.5. The van der Waals surface area contributed by atoms with E-state index in [0.717, 1.165) is 12.8 Å². The number of aryl methyl sites for hydroxylation is 1. The summed E-state index contributed by atoms with van der Waals surface area (Å²) in [5.74, 6) is 1.32. The number of benzene rings is 2. The van der Waals surface area contributed by atoms with Crippen molar-refractivity contribution >= 4 is 11.8 Å². The highest BCUT2D eigenvalue weighted by Crippen LogP contribution is 2.28. The lowest BCUT2D eigenvalue weighted by Crippen LogP contribution is -2.50. The van der Waals surface area contributed by atoms with E-state index in [0.29, 0.717) is 69.1 Å². The average Bonchev–Trinajstić information content (AvgIpc) is 2.87. The molecule has 0 atom stereocenters. The molecule has 0 bridgehead atoms. The van der Waals surface area contributed by atoms with Gasteiger partial charge in [0.1, 0.15) is 0 Å². The van der Waals surface area contributed by atoms with E-state index in [1.54, 1.807) is 18.2 Å². The number of ether oxygens (including phenoxy) is 2. The summed E-state index contributed by atoms with van der Waals surface area (Å²) in [6.07, 6.45) is 3.26. The number of piperazine rings is 1. The Kier molecular flexibility index (Phi) is 9.13. The van der Waals surface area contributed by atoms with E-state index in [2.05, 4.69) is 18.2 Å². The topological polar surface area (TPSA) is 82.9 Å². The molecule has 2 aromatic rings. The van der Waals surface area contributed by atoms with Gasteiger partial charge in [0.05, 0.1) is 25.3 Å². The van der Waals surface area contributed by atoms with Crippen molar-refractivity contribution < 1.29 is 19.1 Å². The van der Waals surface area contributed by atoms with Crippen LogP contribution in [0.3, 0.4) is 0 Å². The van der Waals surface area contributed by atoms with Crippen LogP contribution < -0.4 is 9.47 Å². The fourth-order valence-electron chi connectivity index (χ4n) is 3.87. The molecule has 2 aromatic carbocycles. The van der Waals surface area contributed by atoms with Gasteiger partial charge in [-0.15, -0.1) is 0 Å². The Morgan fingerprint density at radius 1 is 0.909 bits per heavy atom. The Balaban J connectivity index is 1.32. The lowest BCUT2D eigenvalue weighted by Gasteiger charge is -2.35. The van der Waals surface area contributed by atoms with Crippen molar-refractivity contribution in [2.24, 2.45) is 0 Å². The molecule has 2 amide bonds. The molecular weight excluding hydrogens is 418 g/mol. The zero-order valence-electron chi connectivity index (χ0n) is 19.2. The van der Waals surface area contributed by atoms with Crippen molar-refractivity contribution in [1.82, 2.24) is 9.80 Å². The molecule has 1 fully saturated rings. The van der Waals surface area contributed by atoms with Crippen molar-refractivity contribution in [1.29, 1.82) is 5.26 Å². The molecule has 0 spiro atoms. The molecule has 3 rings (SSSR count). The third-order valence-electron chi connectivity index (χ3n) is 5.77. The van der Waals surface area contributed by atoms with Crippen LogP contribution in [0.4, 0.5) is 0 Å². The highest BCUT2D eigenvalue weighted by molar-refractivity contribution is 5.78. The summed E-state index contributed by atoms with van der Waals surface area (Å²) in [6, 6.07) is 17.3. The molecule has 33 heavy (non-hydrogen) atoms. The lowest BCUT2D eigenvalue weighted by molar-refractivity contribution is -0.139. The number of nitrogens with zero attached hydrogens (tertiary/aromatic N) is 3. The van der Waals surface area contributed by atoms with Gasteiger partial charge in [-0.25, -0.2) is 0 Å². The molecule has 174 valence electrons. The van der Waals surface area contributed by atoms with Gasteiger partial charge in [0.15, 0.2) is 11.5 Å². The number of methoxy groups -OCH3 is 1. The number of amides is 2. The Morgan fingerprint density at radius 3 is 2.15 bits per heavy atom. The number of hydrogen-bond acceptors (Lipinski definition) is 5. The Bertz CT molecular complexity index is 963. The summed E-state index contributed by atoms with van der Waals surface area (Å²) in [4.78, 5) is 28.7. The first-order chi connectivity index (χ1) is 16.1. The van der Waals surface area contributed by atoms with E-state index in [4.69, 9.17) is 14.7 Å². The van der Waals surface area contributed by atoms with Crippen LogP contribution in [-0.2, 0) is 16.0 Å². The summed E-state index contributed by atoms with van der Waals surface area (Å²) in [5.41, 5.74) is 1.76. The zero-order valence-corrected chi connectivity index (χ0v) is 19.2. The highest BCUT2D eigenvalue weighted by Gasteiger charge is 2.23. The molecule has 0 unspecified atom stereocenters. The Labute approximate surface area is 195 Å². The van der Waals surface area contributed by atoms with Crippen LogP contribution in [0, 0.1) is 11.3 Å². The fraction of sp³-hybridized carbons (Fsp3) is 0.423. The molecule has 0 aliphatic carbocycles. The first kappa shape index (κ1) is 24.1. The number of carbonyl (C=O) groups excluding carboxylic acids is 2. The van der Waals surface area contributed by atoms with E-state index in [1.807, 2.05) is 28.0 Å². The predicted octanol–water partition coefficient (Wildman–Crippen LogP) is 3.42. The van der Waals surface area contributed by atoms with Crippen molar-refractivity contribution in [3.63, 3.8) is 0 Å². The number of hydrogen-bond donors (Lipinski definition) is 0. The smallest absolute Gasteiger partial charge is 0.222 e. The summed E-state index contributed by atoms with van der Waals surface area (Å²) in [5, 5.41) is 8.97. The van der Waals surface area contributed by atoms with Gasteiger partial charge >= 0.3 is 0 Å². The maximum absolute atomic E-state index is 12.5. The van der Waals surface area contributed by atoms with Crippen molar-refractivity contribution in [3.05, 3.63) is 59.7 Å². The van der Waals surface area contributed by atoms with E-state index in [-0.39, 0.29) is 11.8 Å². The van der Waals surface area contributed by atoms with Crippen molar-refractivity contribution in [3.8, 4) is 17.6 Å². The van der Waals surface area contributed by atoms with E-state index in [9.17, 15) is 9.59 Å². The molecular formula is C26H31N3O4. The minimum absolute atomic E-state index is 0.0848. The van der Waals surface area contributed by atoms with E-state index in [1.165, 1.54) is 12.7 Å². The minimum Gasteiger partial charge on any atom is -0.493 e. The molecule has 1 aliphatic rings. The zero-order chi connectivity index (χ0) is 23.5. The number of rotatable bonds is 10. The number of carbonyl (C=O) groups is 2. The monoisotopic (exact) mass is 449 g/mol. The van der Waals surface area contributed by atoms with Crippen LogP contribution in [0.25, 0.3) is 0 Å². The molecule has 0 N–H and O–H groups in total. The molecule has 0 aromatic heterocycles. The van der Waals surface area contributed by atoms with E-state index >= 15 is 0 Å². The fourth-order valence-corrected chi connectivity index (χ4v) is 3.87. The summed E-state index contributed by atoms with van der Waals surface area (Å²) in [6.45, 7) is 2.72. The van der Waals surface area contributed by atoms with Gasteiger partial charge in [-0.1, -0.05) is 30.3 Å². The van der Waals surface area contributed by atoms with Gasteiger partial charge in [0.2, 0.25) is 11.8 Å². The maximum Gasteiger partial charge on any atom is 0.222 e. The summed E-state index contributed by atoms with van der Waals surface area (Å²) >= 11 is 0. The minimum atomic E-state index is 0.0848. The molecule has 0 radical (unpaired) electrons. The summed E-state index contributed by atoms with van der Waals surface area (Å²) < 4.78 is 11.0. The molecule has 1 aliphatic heterocycles. The van der Waals surface area contributed by atoms with Crippen LogP contribution in [-0.4, -0.2) is 61.5 Å². The van der Waals surface area contributed by atoms with Crippen LogP contribution in [0.15, 0.2) is 48.5 Å². The highest BCUT2D eigenvalue weighted by atomic mass is 16.5. The standard InChI is InChI=1S/C26H31N3O4/c1-32-24-19-22(20-27)12-13-23(24)33-18-6-11-26(31)29-16-14-28(15-17-29)25(30)10-5-9-21-7-3-2-4-8-21/h2-4,7-8,12-13,19H,5-6,9-11,14-18H2,1H3. The Morgan fingerprint density at radius 2 is 1.55 bits per heavy atom. The van der Waals surface area contributed by atoms with E-state index < -0.39 is 0 Å². The van der Waals surface area contributed by atoms with Crippen molar-refractivity contribution in [2.75, 3.05) is 39.9 Å². The molecule has 7 heteroatoms. The van der Waals surface area contributed by atoms with Crippen molar-refractivity contribution in [2.45, 2.75) is 32.1 Å². The molecule has 0 saturated carbocycles. The number of nitriles is 1. The normalized spacial score (nSPS) is 13.3. The molecule has 7 nitrogen and oxygen atoms in total. The lowest BCUT2D eigenvalue weighted by atomic mass is 10.1. The predicted molar refractivity (Wildman–Crippen MR) is 125 cm³/mol. The first-order valence-electron chi connectivity index (χ1n) is 11.4. The van der Waals surface area contributed by atoms with Crippen LogP contribution in [0.2, 0.25) is 0 Å². The largest absolute Gasteiger partial charge is 0.493 e. The summed E-state index contributed by atoms with van der Waals surface area (Å²) in [7, 11) is 1.53.